The summed E-state index contributed by atoms with van der Waals surface area (Å²) in [6.45, 7) is 5.32. The fourth-order valence-corrected chi connectivity index (χ4v) is 3.94. The van der Waals surface area contributed by atoms with Crippen LogP contribution in [0.4, 0.5) is 0 Å². The van der Waals surface area contributed by atoms with Crippen LogP contribution in [0.25, 0.3) is 0 Å². The third-order valence-electron chi connectivity index (χ3n) is 5.15. The minimum Gasteiger partial charge on any atom is -0.364 e. The van der Waals surface area contributed by atoms with Gasteiger partial charge in [-0.2, -0.15) is 0 Å². The maximum atomic E-state index is 13.0. The Morgan fingerprint density at radius 1 is 1.25 bits per heavy atom. The molecule has 1 saturated carbocycles. The Kier molecular flexibility index (Phi) is 5.34. The smallest absolute Gasteiger partial charge is 0.252 e. The van der Waals surface area contributed by atoms with Crippen molar-refractivity contribution in [3.8, 4) is 0 Å². The molecular weight excluding hydrogens is 302 g/mol. The number of fused-ring (bicyclic) bond motifs is 1. The predicted octanol–water partition coefficient (Wildman–Crippen LogP) is 3.20. The minimum absolute atomic E-state index is 0.00220. The molecule has 1 saturated heterocycles. The largest absolute Gasteiger partial charge is 0.364 e. The van der Waals surface area contributed by atoms with Crippen LogP contribution in [0.15, 0.2) is 30.3 Å². The molecule has 0 radical (unpaired) electrons. The lowest BCUT2D eigenvalue weighted by atomic mass is 10.0. The Morgan fingerprint density at radius 2 is 2.00 bits per heavy atom. The van der Waals surface area contributed by atoms with E-state index in [0.29, 0.717) is 37.8 Å². The summed E-state index contributed by atoms with van der Waals surface area (Å²) in [5, 5.41) is 0. The van der Waals surface area contributed by atoms with Gasteiger partial charge >= 0.3 is 0 Å². The van der Waals surface area contributed by atoms with Crippen LogP contribution in [-0.2, 0) is 20.9 Å². The molecule has 4 heteroatoms. The summed E-state index contributed by atoms with van der Waals surface area (Å²) >= 11 is 0. The zero-order valence-electron chi connectivity index (χ0n) is 14.6. The van der Waals surface area contributed by atoms with E-state index in [-0.39, 0.29) is 17.7 Å². The molecule has 1 aliphatic carbocycles. The van der Waals surface area contributed by atoms with E-state index < -0.39 is 6.10 Å². The highest BCUT2D eigenvalue weighted by Crippen LogP contribution is 2.36. The van der Waals surface area contributed by atoms with Crippen molar-refractivity contribution >= 4 is 11.7 Å². The lowest BCUT2D eigenvalue weighted by molar-refractivity contribution is -0.149. The molecule has 1 aliphatic heterocycles. The fraction of sp³-hybridized carbons (Fsp3) is 0.600. The summed E-state index contributed by atoms with van der Waals surface area (Å²) in [6.07, 6.45) is 2.74. The van der Waals surface area contributed by atoms with E-state index >= 15 is 0 Å². The zero-order valence-corrected chi connectivity index (χ0v) is 14.6. The Balaban J connectivity index is 1.68. The molecule has 1 heterocycles. The second kappa shape index (κ2) is 7.47. The van der Waals surface area contributed by atoms with Gasteiger partial charge in [-0.15, -0.1) is 0 Å². The number of rotatable bonds is 6. The molecule has 0 bridgehead atoms. The van der Waals surface area contributed by atoms with Crippen molar-refractivity contribution in [2.24, 2.45) is 11.8 Å². The van der Waals surface area contributed by atoms with Crippen LogP contribution in [-0.4, -0.2) is 35.3 Å². The SMILES string of the molecule is CC(C)C[C@H](OCc1ccccc1)C(=O)N1CCC2CCC(=O)C21. The summed E-state index contributed by atoms with van der Waals surface area (Å²) in [5.41, 5.74) is 1.07. The van der Waals surface area contributed by atoms with E-state index in [1.54, 1.807) is 4.90 Å². The maximum absolute atomic E-state index is 13.0. The number of carbonyl (C=O) groups excluding carboxylic acids is 2. The van der Waals surface area contributed by atoms with Crippen molar-refractivity contribution in [1.29, 1.82) is 0 Å². The summed E-state index contributed by atoms with van der Waals surface area (Å²) in [6, 6.07) is 9.73. The van der Waals surface area contributed by atoms with Crippen LogP contribution in [0.3, 0.4) is 0 Å². The number of carbonyl (C=O) groups is 2. The molecule has 2 unspecified atom stereocenters. The average molecular weight is 329 g/mol. The van der Waals surface area contributed by atoms with Crippen molar-refractivity contribution in [3.63, 3.8) is 0 Å². The predicted molar refractivity (Wildman–Crippen MR) is 92.3 cm³/mol. The minimum atomic E-state index is -0.461. The Bertz CT molecular complexity index is 584. The lowest BCUT2D eigenvalue weighted by Gasteiger charge is -2.28. The first-order chi connectivity index (χ1) is 11.6. The monoisotopic (exact) mass is 329 g/mol. The van der Waals surface area contributed by atoms with E-state index in [2.05, 4.69) is 13.8 Å². The number of amides is 1. The molecule has 3 atom stereocenters. The van der Waals surface area contributed by atoms with E-state index in [0.717, 1.165) is 18.4 Å². The normalized spacial score (nSPS) is 24.5. The van der Waals surface area contributed by atoms with Gasteiger partial charge in [0.15, 0.2) is 5.78 Å². The molecule has 0 N–H and O–H groups in total. The van der Waals surface area contributed by atoms with Crippen molar-refractivity contribution < 1.29 is 14.3 Å². The van der Waals surface area contributed by atoms with Crippen LogP contribution < -0.4 is 0 Å². The van der Waals surface area contributed by atoms with Crippen molar-refractivity contribution in [1.82, 2.24) is 4.90 Å². The van der Waals surface area contributed by atoms with Crippen LogP contribution >= 0.6 is 0 Å². The summed E-state index contributed by atoms with van der Waals surface area (Å²) in [4.78, 5) is 27.0. The molecule has 1 amide bonds. The van der Waals surface area contributed by atoms with E-state index in [1.165, 1.54) is 0 Å². The lowest BCUT2D eigenvalue weighted by Crippen LogP contribution is -2.46. The summed E-state index contributed by atoms with van der Waals surface area (Å²) < 4.78 is 5.99. The zero-order chi connectivity index (χ0) is 17.1. The van der Waals surface area contributed by atoms with Gasteiger partial charge in [-0.1, -0.05) is 44.2 Å². The molecule has 3 rings (SSSR count). The highest BCUT2D eigenvalue weighted by molar-refractivity contribution is 5.93. The van der Waals surface area contributed by atoms with Gasteiger partial charge < -0.3 is 9.64 Å². The van der Waals surface area contributed by atoms with Gasteiger partial charge in [0.05, 0.1) is 12.6 Å². The molecule has 1 aromatic rings. The molecule has 4 nitrogen and oxygen atoms in total. The second-order valence-corrected chi connectivity index (χ2v) is 7.45. The molecule has 2 aliphatic rings. The summed E-state index contributed by atoms with van der Waals surface area (Å²) in [7, 11) is 0. The van der Waals surface area contributed by atoms with Gasteiger partial charge in [-0.25, -0.2) is 0 Å². The second-order valence-electron chi connectivity index (χ2n) is 7.45. The Hall–Kier alpha value is -1.68. The molecule has 130 valence electrons. The molecule has 1 aromatic carbocycles. The maximum Gasteiger partial charge on any atom is 0.252 e. The molecule has 0 spiro atoms. The van der Waals surface area contributed by atoms with E-state index in [1.807, 2.05) is 30.3 Å². The number of hydrogen-bond acceptors (Lipinski definition) is 3. The third-order valence-corrected chi connectivity index (χ3v) is 5.15. The van der Waals surface area contributed by atoms with Gasteiger partial charge in [-0.3, -0.25) is 9.59 Å². The number of likely N-dealkylation sites (tertiary alicyclic amines) is 1. The fourth-order valence-electron chi connectivity index (χ4n) is 3.94. The van der Waals surface area contributed by atoms with Crippen molar-refractivity contribution in [2.75, 3.05) is 6.54 Å². The van der Waals surface area contributed by atoms with Gasteiger partial charge in [0.25, 0.3) is 5.91 Å². The standard InChI is InChI=1S/C20H27NO3/c1-14(2)12-18(24-13-15-6-4-3-5-7-15)20(23)21-11-10-16-8-9-17(22)19(16)21/h3-7,14,16,18-19H,8-13H2,1-2H3/t16?,18-,19?/m0/s1. The number of nitrogens with zero attached hydrogens (tertiary/aromatic N) is 1. The van der Waals surface area contributed by atoms with Gasteiger partial charge in [0, 0.05) is 13.0 Å². The Morgan fingerprint density at radius 3 is 2.71 bits per heavy atom. The number of Topliss-reactive ketones (excluding diaryl/α,β-unsaturated/α-hetero) is 1. The number of ketones is 1. The van der Waals surface area contributed by atoms with Gasteiger partial charge in [-0.05, 0) is 36.7 Å². The van der Waals surface area contributed by atoms with E-state index in [9.17, 15) is 9.59 Å². The third kappa shape index (κ3) is 3.69. The van der Waals surface area contributed by atoms with E-state index in [4.69, 9.17) is 4.74 Å². The number of ether oxygens (including phenoxy) is 1. The molecular formula is C20H27NO3. The van der Waals surface area contributed by atoms with Crippen LogP contribution in [0, 0.1) is 11.8 Å². The first kappa shape index (κ1) is 17.2. The average Bonchev–Trinajstić information content (AvgIpc) is 3.15. The highest BCUT2D eigenvalue weighted by atomic mass is 16.5. The first-order valence-electron chi connectivity index (χ1n) is 9.05. The molecule has 0 aromatic heterocycles. The van der Waals surface area contributed by atoms with Gasteiger partial charge in [0.1, 0.15) is 6.10 Å². The highest BCUT2D eigenvalue weighted by Gasteiger charge is 2.46. The quantitative estimate of drug-likeness (QED) is 0.805. The van der Waals surface area contributed by atoms with Crippen LogP contribution in [0.2, 0.25) is 0 Å². The topological polar surface area (TPSA) is 46.6 Å². The molecule has 2 fully saturated rings. The van der Waals surface area contributed by atoms with Crippen molar-refractivity contribution in [3.05, 3.63) is 35.9 Å². The number of benzene rings is 1. The molecule has 24 heavy (non-hydrogen) atoms. The summed E-state index contributed by atoms with van der Waals surface area (Å²) in [5.74, 6) is 0.974. The van der Waals surface area contributed by atoms with Gasteiger partial charge in [0.2, 0.25) is 0 Å². The van der Waals surface area contributed by atoms with Crippen LogP contribution in [0.5, 0.6) is 0 Å². The number of hydrogen-bond donors (Lipinski definition) is 0. The van der Waals surface area contributed by atoms with Crippen molar-refractivity contribution in [2.45, 2.75) is 58.3 Å². The Labute approximate surface area is 144 Å². The van der Waals surface area contributed by atoms with Crippen LogP contribution in [0.1, 0.15) is 45.1 Å². The first-order valence-corrected chi connectivity index (χ1v) is 9.05.